The minimum atomic E-state index is -5.25. The molecule has 0 aromatic heterocycles. The lowest BCUT2D eigenvalue weighted by Crippen LogP contribution is -2.69. The monoisotopic (exact) mass is 409 g/mol. The predicted octanol–water partition coefficient (Wildman–Crippen LogP) is 2.48. The van der Waals surface area contributed by atoms with E-state index in [0.717, 1.165) is 0 Å². The number of hydrogen-bond donors (Lipinski definition) is 2. The van der Waals surface area contributed by atoms with E-state index in [9.17, 15) is 27.9 Å². The summed E-state index contributed by atoms with van der Waals surface area (Å²) in [5, 5.41) is 11.7. The quantitative estimate of drug-likeness (QED) is 0.752. The van der Waals surface area contributed by atoms with Crippen molar-refractivity contribution in [2.45, 2.75) is 31.2 Å². The Morgan fingerprint density at radius 2 is 2.08 bits per heavy atom. The second-order valence-corrected chi connectivity index (χ2v) is 6.23. The summed E-state index contributed by atoms with van der Waals surface area (Å²) >= 11 is 3.21. The first-order chi connectivity index (χ1) is 11.1. The van der Waals surface area contributed by atoms with Crippen molar-refractivity contribution in [2.24, 2.45) is 5.92 Å². The number of benzene rings is 1. The van der Waals surface area contributed by atoms with Gasteiger partial charge in [-0.05, 0) is 18.6 Å². The zero-order valence-electron chi connectivity index (χ0n) is 12.6. The van der Waals surface area contributed by atoms with E-state index in [1.807, 2.05) is 0 Å². The SMILES string of the molecule is CCOC(=O)C1C(c2ccccc2Br)CC(=O)NC1(O)C(F)(F)F. The van der Waals surface area contributed by atoms with Gasteiger partial charge in [-0.15, -0.1) is 0 Å². The molecule has 5 nitrogen and oxygen atoms in total. The van der Waals surface area contributed by atoms with Crippen molar-refractivity contribution in [2.75, 3.05) is 6.61 Å². The number of rotatable bonds is 3. The summed E-state index contributed by atoms with van der Waals surface area (Å²) in [5.41, 5.74) is -3.39. The van der Waals surface area contributed by atoms with Crippen LogP contribution >= 0.6 is 15.9 Å². The van der Waals surface area contributed by atoms with Crippen LogP contribution in [0, 0.1) is 5.92 Å². The number of aliphatic hydroxyl groups is 1. The van der Waals surface area contributed by atoms with Crippen LogP contribution in [0.15, 0.2) is 28.7 Å². The van der Waals surface area contributed by atoms with Gasteiger partial charge in [0.15, 0.2) is 0 Å². The molecule has 2 rings (SSSR count). The number of carbonyl (C=O) groups is 2. The van der Waals surface area contributed by atoms with Gasteiger partial charge in [0.1, 0.15) is 5.92 Å². The summed E-state index contributed by atoms with van der Waals surface area (Å²) in [5.74, 6) is -5.44. The lowest BCUT2D eigenvalue weighted by atomic mass is 9.74. The molecule has 1 aliphatic heterocycles. The maximum absolute atomic E-state index is 13.5. The highest BCUT2D eigenvalue weighted by Gasteiger charge is 2.67. The van der Waals surface area contributed by atoms with Gasteiger partial charge in [0.25, 0.3) is 0 Å². The number of hydrogen-bond acceptors (Lipinski definition) is 4. The van der Waals surface area contributed by atoms with Crippen LogP contribution < -0.4 is 5.32 Å². The molecular formula is C15H15BrF3NO4. The molecule has 0 aliphatic carbocycles. The van der Waals surface area contributed by atoms with E-state index in [0.29, 0.717) is 10.0 Å². The van der Waals surface area contributed by atoms with Crippen LogP contribution in [0.4, 0.5) is 13.2 Å². The Hall–Kier alpha value is -1.61. The second-order valence-electron chi connectivity index (χ2n) is 5.37. The number of piperidine rings is 1. The van der Waals surface area contributed by atoms with Gasteiger partial charge < -0.3 is 15.2 Å². The van der Waals surface area contributed by atoms with Crippen molar-refractivity contribution in [1.29, 1.82) is 0 Å². The molecule has 3 atom stereocenters. The molecule has 1 saturated heterocycles. The molecule has 132 valence electrons. The summed E-state index contributed by atoms with van der Waals surface area (Å²) in [7, 11) is 0. The van der Waals surface area contributed by atoms with E-state index >= 15 is 0 Å². The molecule has 2 N–H and O–H groups in total. The van der Waals surface area contributed by atoms with Crippen LogP contribution in [-0.4, -0.2) is 35.5 Å². The lowest BCUT2D eigenvalue weighted by Gasteiger charge is -2.44. The van der Waals surface area contributed by atoms with Crippen LogP contribution in [0.3, 0.4) is 0 Å². The number of amides is 1. The zero-order valence-corrected chi connectivity index (χ0v) is 14.1. The first-order valence-electron chi connectivity index (χ1n) is 7.13. The molecule has 0 bridgehead atoms. The molecule has 9 heteroatoms. The molecule has 1 fully saturated rings. The molecule has 3 unspecified atom stereocenters. The van der Waals surface area contributed by atoms with E-state index in [4.69, 9.17) is 4.74 Å². The third kappa shape index (κ3) is 3.27. The molecular weight excluding hydrogens is 395 g/mol. The third-order valence-electron chi connectivity index (χ3n) is 3.87. The number of carbonyl (C=O) groups excluding carboxylic acids is 2. The minimum Gasteiger partial charge on any atom is -0.466 e. The largest absolute Gasteiger partial charge is 0.466 e. The lowest BCUT2D eigenvalue weighted by molar-refractivity contribution is -0.296. The third-order valence-corrected chi connectivity index (χ3v) is 4.59. The summed E-state index contributed by atoms with van der Waals surface area (Å²) in [6.45, 7) is 1.29. The fourth-order valence-electron chi connectivity index (χ4n) is 2.83. The maximum atomic E-state index is 13.5. The van der Waals surface area contributed by atoms with Crippen LogP contribution in [-0.2, 0) is 14.3 Å². The summed E-state index contributed by atoms with van der Waals surface area (Å²) < 4.78 is 45.5. The first-order valence-corrected chi connectivity index (χ1v) is 7.92. The smallest absolute Gasteiger partial charge is 0.437 e. The predicted molar refractivity (Wildman–Crippen MR) is 80.8 cm³/mol. The average Bonchev–Trinajstić information content (AvgIpc) is 2.45. The molecule has 1 amide bonds. The summed E-state index contributed by atoms with van der Waals surface area (Å²) in [6, 6.07) is 6.29. The molecule has 24 heavy (non-hydrogen) atoms. The molecule has 1 heterocycles. The highest BCUT2D eigenvalue weighted by molar-refractivity contribution is 9.10. The number of alkyl halides is 3. The van der Waals surface area contributed by atoms with Crippen molar-refractivity contribution in [3.8, 4) is 0 Å². The van der Waals surface area contributed by atoms with Crippen molar-refractivity contribution in [3.05, 3.63) is 34.3 Å². The van der Waals surface area contributed by atoms with Gasteiger partial charge in [-0.1, -0.05) is 34.1 Å². The van der Waals surface area contributed by atoms with Crippen LogP contribution in [0.25, 0.3) is 0 Å². The van der Waals surface area contributed by atoms with E-state index in [2.05, 4.69) is 15.9 Å². The number of ether oxygens (including phenoxy) is 1. The minimum absolute atomic E-state index is 0.153. The Labute approximate surface area is 144 Å². The van der Waals surface area contributed by atoms with Crippen molar-refractivity contribution < 1.29 is 32.6 Å². The normalized spacial score (nSPS) is 27.5. The first kappa shape index (κ1) is 18.7. The number of nitrogens with one attached hydrogen (secondary N) is 1. The highest BCUT2D eigenvalue weighted by atomic mass is 79.9. The molecule has 0 radical (unpaired) electrons. The standard InChI is InChI=1S/C15H15BrF3NO4/c1-2-24-13(22)12-9(8-5-3-4-6-10(8)16)7-11(21)20-14(12,23)15(17,18)19/h3-6,9,12,23H,2,7H2,1H3,(H,20,21). The Balaban J connectivity index is 2.60. The summed E-state index contributed by atoms with van der Waals surface area (Å²) in [4.78, 5) is 24.0. The van der Waals surface area contributed by atoms with E-state index in [1.165, 1.54) is 18.3 Å². The van der Waals surface area contributed by atoms with Gasteiger partial charge in [-0.25, -0.2) is 0 Å². The zero-order chi connectivity index (χ0) is 18.1. The van der Waals surface area contributed by atoms with Crippen LogP contribution in [0.2, 0.25) is 0 Å². The van der Waals surface area contributed by atoms with Crippen molar-refractivity contribution in [1.82, 2.24) is 5.32 Å². The molecule has 1 aromatic carbocycles. The van der Waals surface area contributed by atoms with Gasteiger partial charge in [-0.2, -0.15) is 13.2 Å². The highest BCUT2D eigenvalue weighted by Crippen LogP contribution is 2.47. The Kier molecular flexibility index (Phi) is 5.24. The van der Waals surface area contributed by atoms with E-state index in [-0.39, 0.29) is 13.0 Å². The van der Waals surface area contributed by atoms with Crippen molar-refractivity contribution in [3.63, 3.8) is 0 Å². The van der Waals surface area contributed by atoms with Gasteiger partial charge in [0, 0.05) is 16.8 Å². The summed E-state index contributed by atoms with van der Waals surface area (Å²) in [6.07, 6.45) is -5.63. The topological polar surface area (TPSA) is 75.6 Å². The maximum Gasteiger partial charge on any atom is 0.437 e. The van der Waals surface area contributed by atoms with Gasteiger partial charge in [-0.3, -0.25) is 9.59 Å². The van der Waals surface area contributed by atoms with Gasteiger partial charge >= 0.3 is 12.1 Å². The van der Waals surface area contributed by atoms with Crippen molar-refractivity contribution >= 4 is 27.8 Å². The Bertz CT molecular complexity index is 652. The molecule has 0 spiro atoms. The Morgan fingerprint density at radius 3 is 2.62 bits per heavy atom. The van der Waals surface area contributed by atoms with Crippen LogP contribution in [0.1, 0.15) is 24.8 Å². The van der Waals surface area contributed by atoms with Gasteiger partial charge in [0.2, 0.25) is 11.6 Å². The Morgan fingerprint density at radius 1 is 1.46 bits per heavy atom. The number of esters is 1. The number of halogens is 4. The molecule has 0 saturated carbocycles. The molecule has 1 aliphatic rings. The fraction of sp³-hybridized carbons (Fsp3) is 0.467. The van der Waals surface area contributed by atoms with E-state index in [1.54, 1.807) is 18.2 Å². The fourth-order valence-corrected chi connectivity index (χ4v) is 3.41. The molecule has 1 aromatic rings. The van der Waals surface area contributed by atoms with Crippen LogP contribution in [0.5, 0.6) is 0 Å². The average molecular weight is 410 g/mol. The van der Waals surface area contributed by atoms with Gasteiger partial charge in [0.05, 0.1) is 6.61 Å². The second kappa shape index (κ2) is 6.72. The van der Waals surface area contributed by atoms with E-state index < -0.39 is 35.6 Å².